The number of nitrogens with zero attached hydrogens (tertiary/aromatic N) is 2. The Kier molecular flexibility index (Phi) is 6.94. The van der Waals surface area contributed by atoms with E-state index in [9.17, 15) is 14.0 Å². The molecule has 1 heterocycles. The molecule has 152 valence electrons. The zero-order valence-electron chi connectivity index (χ0n) is 16.3. The number of aromatic nitrogens is 2. The van der Waals surface area contributed by atoms with Gasteiger partial charge in [-0.2, -0.15) is 5.10 Å². The third-order valence-corrected chi connectivity index (χ3v) is 4.43. The van der Waals surface area contributed by atoms with Gasteiger partial charge in [0.1, 0.15) is 24.8 Å². The van der Waals surface area contributed by atoms with Crippen molar-refractivity contribution in [3.05, 3.63) is 70.4 Å². The van der Waals surface area contributed by atoms with E-state index < -0.39 is 5.97 Å². The molecule has 0 spiro atoms. The first-order valence-corrected chi connectivity index (χ1v) is 9.65. The summed E-state index contributed by atoms with van der Waals surface area (Å²) in [4.78, 5) is 25.2. The number of hydrogen-bond acceptors (Lipinski definition) is 5. The summed E-state index contributed by atoms with van der Waals surface area (Å²) in [6.45, 7) is 2.64. The number of aryl methyl sites for hydroxylation is 1. The molecular formula is C22H23FN2O4. The Morgan fingerprint density at radius 1 is 1.03 bits per heavy atom. The molecule has 0 saturated heterocycles. The number of halogens is 1. The number of carbonyl (C=O) groups is 1. The molecule has 0 aliphatic carbocycles. The van der Waals surface area contributed by atoms with Gasteiger partial charge in [-0.15, -0.1) is 0 Å². The van der Waals surface area contributed by atoms with E-state index in [0.29, 0.717) is 23.1 Å². The first-order valence-electron chi connectivity index (χ1n) is 9.65. The molecule has 3 aromatic rings. The molecule has 0 amide bonds. The van der Waals surface area contributed by atoms with Crippen molar-refractivity contribution in [3.63, 3.8) is 0 Å². The zero-order valence-corrected chi connectivity index (χ0v) is 16.3. The maximum absolute atomic E-state index is 12.9. The quantitative estimate of drug-likeness (QED) is 0.403. The lowest BCUT2D eigenvalue weighted by atomic mass is 10.1. The predicted molar refractivity (Wildman–Crippen MR) is 108 cm³/mol. The number of unbranched alkanes of at least 4 members (excludes halogenated alkanes) is 2. The van der Waals surface area contributed by atoms with Crippen molar-refractivity contribution in [2.75, 3.05) is 13.2 Å². The second-order valence-electron chi connectivity index (χ2n) is 6.57. The fourth-order valence-electron chi connectivity index (χ4n) is 2.94. The van der Waals surface area contributed by atoms with E-state index in [2.05, 4.69) is 12.0 Å². The molecule has 0 saturated carbocycles. The first-order chi connectivity index (χ1) is 14.1. The number of rotatable bonds is 9. The van der Waals surface area contributed by atoms with Gasteiger partial charge in [0, 0.05) is 11.9 Å². The highest BCUT2D eigenvalue weighted by molar-refractivity contribution is 6.02. The van der Waals surface area contributed by atoms with Crippen LogP contribution in [0.25, 0.3) is 10.8 Å². The number of esters is 1. The molecule has 0 radical (unpaired) electrons. The Hall–Kier alpha value is -3.22. The average molecular weight is 398 g/mol. The Labute approximate surface area is 167 Å². The molecule has 0 bridgehead atoms. The van der Waals surface area contributed by atoms with Crippen LogP contribution in [0.5, 0.6) is 5.75 Å². The normalized spacial score (nSPS) is 10.8. The van der Waals surface area contributed by atoms with Crippen LogP contribution in [0.2, 0.25) is 0 Å². The highest BCUT2D eigenvalue weighted by atomic mass is 19.1. The summed E-state index contributed by atoms with van der Waals surface area (Å²) >= 11 is 0. The van der Waals surface area contributed by atoms with Crippen LogP contribution in [0.1, 0.15) is 36.7 Å². The van der Waals surface area contributed by atoms with Crippen molar-refractivity contribution in [3.8, 4) is 5.75 Å². The molecule has 0 aliphatic heterocycles. The molecule has 7 heteroatoms. The van der Waals surface area contributed by atoms with Crippen LogP contribution in [-0.4, -0.2) is 29.0 Å². The van der Waals surface area contributed by atoms with Crippen molar-refractivity contribution in [1.82, 2.24) is 9.78 Å². The van der Waals surface area contributed by atoms with Crippen LogP contribution in [-0.2, 0) is 11.3 Å². The van der Waals surface area contributed by atoms with Crippen LogP contribution in [0, 0.1) is 5.82 Å². The van der Waals surface area contributed by atoms with E-state index >= 15 is 0 Å². The van der Waals surface area contributed by atoms with E-state index in [1.54, 1.807) is 24.3 Å². The van der Waals surface area contributed by atoms with Gasteiger partial charge >= 0.3 is 5.97 Å². The van der Waals surface area contributed by atoms with Crippen LogP contribution in [0.3, 0.4) is 0 Å². The van der Waals surface area contributed by atoms with E-state index in [-0.39, 0.29) is 30.3 Å². The molecule has 29 heavy (non-hydrogen) atoms. The van der Waals surface area contributed by atoms with Gasteiger partial charge in [-0.05, 0) is 36.8 Å². The topological polar surface area (TPSA) is 70.4 Å². The van der Waals surface area contributed by atoms with Crippen molar-refractivity contribution in [2.45, 2.75) is 32.7 Å². The van der Waals surface area contributed by atoms with Crippen LogP contribution < -0.4 is 10.3 Å². The molecule has 0 aliphatic rings. The highest BCUT2D eigenvalue weighted by Crippen LogP contribution is 2.15. The average Bonchev–Trinajstić information content (AvgIpc) is 2.74. The minimum absolute atomic E-state index is 0.00117. The predicted octanol–water partition coefficient (Wildman–Crippen LogP) is 3.96. The minimum Gasteiger partial charge on any atom is -0.490 e. The fourth-order valence-corrected chi connectivity index (χ4v) is 2.94. The van der Waals surface area contributed by atoms with Gasteiger partial charge in [0.15, 0.2) is 5.69 Å². The van der Waals surface area contributed by atoms with E-state index in [4.69, 9.17) is 9.47 Å². The summed E-state index contributed by atoms with van der Waals surface area (Å²) in [6, 6.07) is 12.5. The standard InChI is InChI=1S/C22H23FN2O4/c1-2-3-6-13-25-21(26)19-8-5-4-7-18(19)20(24-25)22(27)29-15-14-28-17-11-9-16(23)10-12-17/h4-5,7-12H,2-3,6,13-15H2,1H3. The molecular weight excluding hydrogens is 375 g/mol. The van der Waals surface area contributed by atoms with Crippen molar-refractivity contribution in [2.24, 2.45) is 0 Å². The SMILES string of the molecule is CCCCCn1nc(C(=O)OCCOc2ccc(F)cc2)c2ccccc2c1=O. The summed E-state index contributed by atoms with van der Waals surface area (Å²) in [7, 11) is 0. The molecule has 6 nitrogen and oxygen atoms in total. The smallest absolute Gasteiger partial charge is 0.359 e. The number of hydrogen-bond donors (Lipinski definition) is 0. The van der Waals surface area contributed by atoms with Gasteiger partial charge in [0.05, 0.1) is 5.39 Å². The monoisotopic (exact) mass is 398 g/mol. The molecule has 0 atom stereocenters. The maximum Gasteiger partial charge on any atom is 0.359 e. The van der Waals surface area contributed by atoms with Gasteiger partial charge in [-0.3, -0.25) is 4.79 Å². The van der Waals surface area contributed by atoms with Crippen LogP contribution in [0.15, 0.2) is 53.3 Å². The molecule has 0 unspecified atom stereocenters. The second kappa shape index (κ2) is 9.82. The first kappa shape index (κ1) is 20.5. The Morgan fingerprint density at radius 2 is 1.76 bits per heavy atom. The number of benzene rings is 2. The highest BCUT2D eigenvalue weighted by Gasteiger charge is 2.17. The summed E-state index contributed by atoms with van der Waals surface area (Å²) in [6.07, 6.45) is 2.80. The Morgan fingerprint density at radius 3 is 2.48 bits per heavy atom. The maximum atomic E-state index is 12.9. The lowest BCUT2D eigenvalue weighted by Gasteiger charge is -2.11. The third kappa shape index (κ3) is 5.19. The van der Waals surface area contributed by atoms with Crippen LogP contribution in [0.4, 0.5) is 4.39 Å². The fraction of sp³-hybridized carbons (Fsp3) is 0.318. The summed E-state index contributed by atoms with van der Waals surface area (Å²) in [5.41, 5.74) is -0.105. The van der Waals surface area contributed by atoms with Gasteiger partial charge in [-0.25, -0.2) is 13.9 Å². The Bertz CT molecular complexity index is 1030. The summed E-state index contributed by atoms with van der Waals surface area (Å²) in [5.74, 6) is -0.487. The molecule has 1 aromatic heterocycles. The molecule has 0 fully saturated rings. The molecule has 0 N–H and O–H groups in total. The zero-order chi connectivity index (χ0) is 20.6. The molecule has 3 rings (SSSR count). The third-order valence-electron chi connectivity index (χ3n) is 4.43. The van der Waals surface area contributed by atoms with E-state index in [0.717, 1.165) is 19.3 Å². The summed E-state index contributed by atoms with van der Waals surface area (Å²) < 4.78 is 24.9. The van der Waals surface area contributed by atoms with Gasteiger partial charge in [0.25, 0.3) is 5.56 Å². The minimum atomic E-state index is -0.617. The van der Waals surface area contributed by atoms with Gasteiger partial charge in [-0.1, -0.05) is 38.0 Å². The summed E-state index contributed by atoms with van der Waals surface area (Å²) in [5, 5.41) is 5.17. The van der Waals surface area contributed by atoms with Crippen molar-refractivity contribution in [1.29, 1.82) is 0 Å². The number of carbonyl (C=O) groups excluding carboxylic acids is 1. The largest absolute Gasteiger partial charge is 0.490 e. The Balaban J connectivity index is 1.71. The van der Waals surface area contributed by atoms with Crippen LogP contribution >= 0.6 is 0 Å². The van der Waals surface area contributed by atoms with Crippen molar-refractivity contribution >= 4 is 16.7 Å². The van der Waals surface area contributed by atoms with Gasteiger partial charge in [0.2, 0.25) is 0 Å². The van der Waals surface area contributed by atoms with Crippen molar-refractivity contribution < 1.29 is 18.7 Å². The van der Waals surface area contributed by atoms with E-state index in [1.807, 2.05) is 0 Å². The lowest BCUT2D eigenvalue weighted by molar-refractivity contribution is 0.0443. The second-order valence-corrected chi connectivity index (χ2v) is 6.57. The van der Waals surface area contributed by atoms with Gasteiger partial charge < -0.3 is 9.47 Å². The number of fused-ring (bicyclic) bond motifs is 1. The number of ether oxygens (including phenoxy) is 2. The lowest BCUT2D eigenvalue weighted by Crippen LogP contribution is -2.27. The molecule has 2 aromatic carbocycles. The van der Waals surface area contributed by atoms with E-state index in [1.165, 1.54) is 28.9 Å².